The van der Waals surface area contributed by atoms with E-state index in [1.807, 2.05) is 0 Å². The summed E-state index contributed by atoms with van der Waals surface area (Å²) in [5.74, 6) is 10.8. The molecule has 0 radical (unpaired) electrons. The van der Waals surface area contributed by atoms with Crippen molar-refractivity contribution in [3.8, 4) is 5.69 Å². The van der Waals surface area contributed by atoms with Crippen molar-refractivity contribution in [2.45, 2.75) is 279 Å². The molecule has 8 heteroatoms. The fourth-order valence-corrected chi connectivity index (χ4v) is 33.3. The zero-order chi connectivity index (χ0) is 70.2. The maximum absolute atomic E-state index is 19.2. The number of aromatic nitrogens is 3. The van der Waals surface area contributed by atoms with E-state index in [1.165, 1.54) is 298 Å². The second-order valence-electron chi connectivity index (χ2n) is 41.7. The van der Waals surface area contributed by atoms with E-state index in [4.69, 9.17) is 8.83 Å². The smallest absolute Gasteiger partial charge is 0.340 e. The van der Waals surface area contributed by atoms with Crippen LogP contribution in [0.2, 0.25) is 0 Å². The molecule has 6 unspecified atom stereocenters. The van der Waals surface area contributed by atoms with Crippen LogP contribution in [0, 0.1) is 81.0 Å². The van der Waals surface area contributed by atoms with E-state index >= 15 is 4.79 Å². The van der Waals surface area contributed by atoms with E-state index in [2.05, 4.69) is 114 Å². The van der Waals surface area contributed by atoms with Gasteiger partial charge in [-0.25, -0.2) is 13.6 Å². The Labute approximate surface area is 635 Å². The maximum atomic E-state index is 19.2. The highest BCUT2D eigenvalue weighted by Gasteiger charge is 2.57. The number of nitrogens with zero attached hydrogens (tertiary/aromatic N) is 3. The lowest BCUT2D eigenvalue weighted by atomic mass is 9.29. The van der Waals surface area contributed by atoms with Crippen molar-refractivity contribution in [2.75, 3.05) is 0 Å². The molecule has 12 fully saturated rings. The quantitative estimate of drug-likeness (QED) is 0.161. The van der Waals surface area contributed by atoms with Gasteiger partial charge in [0.2, 0.25) is 13.4 Å². The number of aryl methyl sites for hydroxylation is 4. The van der Waals surface area contributed by atoms with Crippen molar-refractivity contribution < 1.29 is 8.83 Å². The molecule has 0 spiro atoms. The van der Waals surface area contributed by atoms with Gasteiger partial charge in [-0.05, 0) is 367 Å². The summed E-state index contributed by atoms with van der Waals surface area (Å²) in [6.45, 7) is 9.60. The van der Waals surface area contributed by atoms with Crippen LogP contribution in [-0.2, 0) is 5.41 Å². The molecule has 6 atom stereocenters. The molecule has 0 N–H and O–H groups in total. The zero-order valence-electron chi connectivity index (χ0n) is 64.4. The lowest BCUT2D eigenvalue weighted by Gasteiger charge is -2.57. The van der Waals surface area contributed by atoms with Gasteiger partial charge in [-0.1, -0.05) is 132 Å². The second-order valence-corrected chi connectivity index (χ2v) is 41.7. The normalized spacial score (nSPS) is 32.8. The average Bonchev–Trinajstić information content (AvgIpc) is 1.46. The van der Waals surface area contributed by atoms with E-state index in [0.29, 0.717) is 71.0 Å². The SMILES string of the molecule is Cc1cccc(C)c1B1c2cc(C34CC5CC(CC(C5)C3)C4)cc3c2-n2c4c1c1c5c(c6c7cc8c(cc7oc6c1n4c(=O)n1c4c(c6c(c7oc9c(C%10CCCCC%10)c(C%10CCCCC%10)ccc9c74)C4CC7CC(C4)CC6C7)c(c21)B3c1c(C)cccc1C)C1CC2CC(C1)CC8C2)C1CC2CC(CC5C2)C1. The van der Waals surface area contributed by atoms with Crippen LogP contribution in [0.5, 0.6) is 0 Å². The minimum Gasteiger partial charge on any atom is -0.455 e. The van der Waals surface area contributed by atoms with Crippen LogP contribution < -0.4 is 38.5 Å². The Kier molecular flexibility index (Phi) is 12.0. The maximum Gasteiger partial charge on any atom is 0.340 e. The number of furan rings is 2. The fraction of sp³-hybridized carbons (Fsp3) is 0.530. The summed E-state index contributed by atoms with van der Waals surface area (Å²) in [6, 6.07) is 31.1. The Balaban J connectivity index is 0.882. The van der Waals surface area contributed by atoms with Gasteiger partial charge < -0.3 is 8.83 Å². The molecule has 2 aliphatic heterocycles. The van der Waals surface area contributed by atoms with Crippen molar-refractivity contribution in [3.05, 3.63) is 156 Å². The average molecular weight is 1420 g/mol. The molecule has 18 aliphatic carbocycles. The summed E-state index contributed by atoms with van der Waals surface area (Å²) < 4.78 is 24.6. The predicted molar refractivity (Wildman–Crippen MR) is 443 cm³/mol. The van der Waals surface area contributed by atoms with E-state index in [1.54, 1.807) is 50.1 Å². The minimum absolute atomic E-state index is 0.105. The number of fused-ring (bicyclic) bond motifs is 14. The Morgan fingerprint density at radius 1 is 0.370 bits per heavy atom. The summed E-state index contributed by atoms with van der Waals surface area (Å²) in [7, 11) is 0. The fourth-order valence-electron chi connectivity index (χ4n) is 33.3. The van der Waals surface area contributed by atoms with E-state index in [-0.39, 0.29) is 24.5 Å². The van der Waals surface area contributed by atoms with Crippen LogP contribution >= 0.6 is 0 Å². The van der Waals surface area contributed by atoms with E-state index in [0.717, 1.165) is 68.7 Å². The third-order valence-electron chi connectivity index (χ3n) is 36.0. The second kappa shape index (κ2) is 21.1. The Hall–Kier alpha value is -7.18. The van der Waals surface area contributed by atoms with Gasteiger partial charge in [0.25, 0.3) is 0 Å². The first-order valence-electron chi connectivity index (χ1n) is 44.9. The number of hydrogen-bond donors (Lipinski definition) is 0. The summed E-state index contributed by atoms with van der Waals surface area (Å²) >= 11 is 0. The third-order valence-corrected chi connectivity index (χ3v) is 36.0. The molecular weight excluding hydrogens is 1310 g/mol. The minimum atomic E-state index is -0.124. The van der Waals surface area contributed by atoms with Crippen LogP contribution in [0.1, 0.15) is 319 Å². The lowest BCUT2D eigenvalue weighted by molar-refractivity contribution is -0.00512. The summed E-state index contributed by atoms with van der Waals surface area (Å²) in [5.41, 5.74) is 39.3. The molecule has 6 nitrogen and oxygen atoms in total. The third kappa shape index (κ3) is 7.68. The molecule has 16 bridgehead atoms. The molecule has 7 heterocycles. The zero-order valence-corrected chi connectivity index (χ0v) is 64.4. The largest absolute Gasteiger partial charge is 0.455 e. The van der Waals surface area contributed by atoms with Crippen molar-refractivity contribution in [2.24, 2.45) is 53.3 Å². The molecule has 542 valence electrons. The number of hydrogen-bond acceptors (Lipinski definition) is 3. The highest BCUT2D eigenvalue weighted by molar-refractivity contribution is 7.03. The molecule has 0 saturated heterocycles. The summed E-state index contributed by atoms with van der Waals surface area (Å²) in [4.78, 5) is 19.2. The summed E-state index contributed by atoms with van der Waals surface area (Å²) in [6.07, 6.45) is 40.7. The molecule has 7 aromatic carbocycles. The van der Waals surface area contributed by atoms with Gasteiger partial charge in [0.05, 0.1) is 10.9 Å². The van der Waals surface area contributed by atoms with Crippen LogP contribution in [-0.4, -0.2) is 26.8 Å². The van der Waals surface area contributed by atoms with Crippen molar-refractivity contribution >= 4 is 123 Å². The first-order chi connectivity index (χ1) is 53.0. The Morgan fingerprint density at radius 2 is 0.824 bits per heavy atom. The van der Waals surface area contributed by atoms with Gasteiger partial charge in [0.1, 0.15) is 33.6 Å². The van der Waals surface area contributed by atoms with Crippen molar-refractivity contribution in [1.29, 1.82) is 0 Å². The van der Waals surface area contributed by atoms with Gasteiger partial charge in [0, 0.05) is 43.7 Å². The molecule has 0 amide bonds. The molecule has 32 rings (SSSR count). The topological polar surface area (TPSA) is 57.1 Å². The Morgan fingerprint density at radius 3 is 1.36 bits per heavy atom. The molecule has 108 heavy (non-hydrogen) atoms. The predicted octanol–water partition coefficient (Wildman–Crippen LogP) is 21.1. The van der Waals surface area contributed by atoms with Crippen LogP contribution in [0.3, 0.4) is 0 Å². The highest BCUT2D eigenvalue weighted by atomic mass is 16.3. The standard InChI is InChI=1S/C100H103B2N3O3/c1-48-13-11-14-49(2)87(48)101-75-41-69(100-45-58-26-59(46-100)28-60(27-58)47-100)42-76-91(75)103-97-89(101)85-81-67-37-56-25-57(38-67)40-68(39-56)82(81)95-84(71-22-21-70(61-17-7-5-8-18-61)78(94(71)108-95)62-19-9-6-10-20-62)92(85)104(97)99(106)105-93-86(90(98(103)105)102(76)88-50(3)15-12-16-51(88)4)80-66-35-54-24-55(36-66)34-65(33-54)79(80)83-74-43-72-63-29-52-23-53(30-63)32-64(31-52)73(72)44-77(74)107-96(83)93/h11-16,21-22,41-44,52-68H,5-10,17-20,23-40,45-47H2,1-4H3. The molecular formula is C100H103B2N3O3. The van der Waals surface area contributed by atoms with Gasteiger partial charge in [-0.3, -0.25) is 4.57 Å². The lowest BCUT2D eigenvalue weighted by Crippen LogP contribution is -2.65. The van der Waals surface area contributed by atoms with E-state index < -0.39 is 0 Å². The first kappa shape index (κ1) is 61.5. The monoisotopic (exact) mass is 1420 g/mol. The molecule has 12 aromatic rings. The van der Waals surface area contributed by atoms with Gasteiger partial charge in [0.15, 0.2) is 5.58 Å². The Bertz CT molecular complexity index is 6110. The van der Waals surface area contributed by atoms with Crippen LogP contribution in [0.25, 0.3) is 82.7 Å². The molecule has 12 saturated carbocycles. The number of rotatable bonds is 5. The van der Waals surface area contributed by atoms with Crippen molar-refractivity contribution in [3.63, 3.8) is 0 Å². The molecule has 20 aliphatic rings. The van der Waals surface area contributed by atoms with Crippen molar-refractivity contribution in [1.82, 2.24) is 13.4 Å². The van der Waals surface area contributed by atoms with Crippen LogP contribution in [0.4, 0.5) is 0 Å². The van der Waals surface area contributed by atoms with E-state index in [9.17, 15) is 0 Å². The van der Waals surface area contributed by atoms with Gasteiger partial charge >= 0.3 is 5.69 Å². The highest BCUT2D eigenvalue weighted by Crippen LogP contribution is 2.66. The van der Waals surface area contributed by atoms with Crippen LogP contribution in [0.15, 0.2) is 86.4 Å². The first-order valence-corrected chi connectivity index (χ1v) is 44.9. The number of benzene rings is 7. The molecule has 5 aromatic heterocycles. The van der Waals surface area contributed by atoms with Gasteiger partial charge in [-0.15, -0.1) is 0 Å². The van der Waals surface area contributed by atoms with Gasteiger partial charge in [-0.2, -0.15) is 0 Å². The summed E-state index contributed by atoms with van der Waals surface area (Å²) in [5, 5.41) is 8.12.